The first-order valence-electron chi connectivity index (χ1n) is 7.43. The van der Waals surface area contributed by atoms with E-state index in [1.165, 1.54) is 12.8 Å². The van der Waals surface area contributed by atoms with E-state index in [2.05, 4.69) is 32.4 Å². The summed E-state index contributed by atoms with van der Waals surface area (Å²) in [5.41, 5.74) is 7.61. The van der Waals surface area contributed by atoms with Crippen LogP contribution in [-0.4, -0.2) is 22.5 Å². The van der Waals surface area contributed by atoms with Gasteiger partial charge in [0.05, 0.1) is 5.56 Å². The quantitative estimate of drug-likeness (QED) is 0.756. The third-order valence-corrected chi connectivity index (χ3v) is 3.39. The van der Waals surface area contributed by atoms with Crippen molar-refractivity contribution in [3.8, 4) is 11.8 Å². The van der Waals surface area contributed by atoms with Crippen molar-refractivity contribution < 1.29 is 4.79 Å². The molecule has 0 bridgehead atoms. The predicted octanol–water partition coefficient (Wildman–Crippen LogP) is 1.99. The minimum absolute atomic E-state index is 0.186. The Balaban J connectivity index is 1.62. The average Bonchev–Trinajstić information content (AvgIpc) is 3.37. The minimum atomic E-state index is -0.186. The van der Waals surface area contributed by atoms with E-state index in [9.17, 15) is 4.79 Å². The van der Waals surface area contributed by atoms with Gasteiger partial charge in [0, 0.05) is 30.2 Å². The van der Waals surface area contributed by atoms with Crippen LogP contribution in [0.25, 0.3) is 0 Å². The van der Waals surface area contributed by atoms with Crippen LogP contribution in [0, 0.1) is 17.8 Å². The maximum absolute atomic E-state index is 11.8. The molecule has 0 radical (unpaired) electrons. The number of anilines is 2. The van der Waals surface area contributed by atoms with Gasteiger partial charge in [0.15, 0.2) is 0 Å². The number of hydrogen-bond acceptors (Lipinski definition) is 4. The SMILES string of the molecule is Nc1ncc(C#Cc2cccc(NC(=O)NCC3CC3)c2)cn1. The molecule has 0 aliphatic heterocycles. The standard InChI is InChI=1S/C17H17N5O/c18-16-19-10-14(11-20-16)7-4-12-2-1-3-15(8-12)22-17(23)21-9-13-5-6-13/h1-3,8,10-11,13H,5-6,9H2,(H2,18,19,20)(H2,21,22,23). The second kappa shape index (κ2) is 6.79. The molecule has 116 valence electrons. The number of aromatic nitrogens is 2. The third kappa shape index (κ3) is 4.71. The fourth-order valence-electron chi connectivity index (χ4n) is 1.96. The van der Waals surface area contributed by atoms with Crippen molar-refractivity contribution in [3.63, 3.8) is 0 Å². The van der Waals surface area contributed by atoms with Crippen molar-refractivity contribution in [2.45, 2.75) is 12.8 Å². The van der Waals surface area contributed by atoms with Crippen LogP contribution in [0.4, 0.5) is 16.4 Å². The summed E-state index contributed by atoms with van der Waals surface area (Å²) in [5.74, 6) is 6.84. The lowest BCUT2D eigenvalue weighted by atomic mass is 10.2. The molecule has 2 aromatic rings. The fraction of sp³-hybridized carbons (Fsp3) is 0.235. The molecule has 3 rings (SSSR count). The van der Waals surface area contributed by atoms with Crippen LogP contribution < -0.4 is 16.4 Å². The molecule has 0 spiro atoms. The second-order valence-electron chi connectivity index (χ2n) is 5.44. The Morgan fingerprint density at radius 2 is 1.96 bits per heavy atom. The van der Waals surface area contributed by atoms with Crippen molar-refractivity contribution in [1.82, 2.24) is 15.3 Å². The zero-order chi connectivity index (χ0) is 16.1. The van der Waals surface area contributed by atoms with Crippen molar-refractivity contribution in [1.29, 1.82) is 0 Å². The number of nitrogens with two attached hydrogens (primary N) is 1. The molecule has 6 heteroatoms. The molecule has 0 saturated heterocycles. The van der Waals surface area contributed by atoms with Gasteiger partial charge < -0.3 is 16.4 Å². The number of rotatable bonds is 3. The molecular weight excluding hydrogens is 290 g/mol. The number of hydrogen-bond donors (Lipinski definition) is 3. The Hall–Kier alpha value is -3.07. The van der Waals surface area contributed by atoms with Gasteiger partial charge in [-0.2, -0.15) is 0 Å². The molecule has 2 amide bonds. The van der Waals surface area contributed by atoms with Gasteiger partial charge in [0.25, 0.3) is 0 Å². The van der Waals surface area contributed by atoms with Crippen LogP contribution >= 0.6 is 0 Å². The number of carbonyl (C=O) groups is 1. The summed E-state index contributed by atoms with van der Waals surface area (Å²) in [4.78, 5) is 19.6. The van der Waals surface area contributed by atoms with Gasteiger partial charge >= 0.3 is 6.03 Å². The van der Waals surface area contributed by atoms with Crippen LogP contribution in [0.1, 0.15) is 24.0 Å². The molecule has 1 aromatic heterocycles. The summed E-state index contributed by atoms with van der Waals surface area (Å²) in [6.07, 6.45) is 5.56. The van der Waals surface area contributed by atoms with Crippen molar-refractivity contribution in [3.05, 3.63) is 47.8 Å². The van der Waals surface area contributed by atoms with Crippen LogP contribution in [-0.2, 0) is 0 Å². The van der Waals surface area contributed by atoms with Crippen LogP contribution in [0.5, 0.6) is 0 Å². The highest BCUT2D eigenvalue weighted by atomic mass is 16.2. The number of amides is 2. The molecule has 1 heterocycles. The molecule has 6 nitrogen and oxygen atoms in total. The Labute approximate surface area is 134 Å². The highest BCUT2D eigenvalue weighted by molar-refractivity contribution is 5.89. The average molecular weight is 307 g/mol. The van der Waals surface area contributed by atoms with E-state index in [1.807, 2.05) is 24.3 Å². The maximum atomic E-state index is 11.8. The third-order valence-electron chi connectivity index (χ3n) is 3.39. The summed E-state index contributed by atoms with van der Waals surface area (Å²) in [5, 5.41) is 5.67. The lowest BCUT2D eigenvalue weighted by Gasteiger charge is -2.07. The minimum Gasteiger partial charge on any atom is -0.368 e. The molecular formula is C17H17N5O. The Morgan fingerprint density at radius 1 is 1.22 bits per heavy atom. The summed E-state index contributed by atoms with van der Waals surface area (Å²) >= 11 is 0. The van der Waals surface area contributed by atoms with E-state index >= 15 is 0 Å². The smallest absolute Gasteiger partial charge is 0.319 e. The van der Waals surface area contributed by atoms with Gasteiger partial charge in [-0.3, -0.25) is 0 Å². The van der Waals surface area contributed by atoms with Gasteiger partial charge in [0.1, 0.15) is 0 Å². The Morgan fingerprint density at radius 3 is 2.70 bits per heavy atom. The predicted molar refractivity (Wildman–Crippen MR) is 88.6 cm³/mol. The Kier molecular flexibility index (Phi) is 4.39. The van der Waals surface area contributed by atoms with Crippen molar-refractivity contribution in [2.75, 3.05) is 17.6 Å². The van der Waals surface area contributed by atoms with E-state index in [-0.39, 0.29) is 12.0 Å². The number of benzene rings is 1. The van der Waals surface area contributed by atoms with E-state index in [4.69, 9.17) is 5.73 Å². The molecule has 1 aliphatic rings. The van der Waals surface area contributed by atoms with E-state index in [0.717, 1.165) is 12.1 Å². The number of nitrogen functional groups attached to an aromatic ring is 1. The van der Waals surface area contributed by atoms with Gasteiger partial charge in [-0.25, -0.2) is 14.8 Å². The van der Waals surface area contributed by atoms with Crippen molar-refractivity contribution in [2.24, 2.45) is 5.92 Å². The molecule has 23 heavy (non-hydrogen) atoms. The zero-order valence-electron chi connectivity index (χ0n) is 12.5. The largest absolute Gasteiger partial charge is 0.368 e. The lowest BCUT2D eigenvalue weighted by Crippen LogP contribution is -2.30. The molecule has 1 aromatic carbocycles. The van der Waals surface area contributed by atoms with Gasteiger partial charge in [-0.05, 0) is 37.0 Å². The summed E-state index contributed by atoms with van der Waals surface area (Å²) in [6, 6.07) is 7.18. The number of nitrogens with zero attached hydrogens (tertiary/aromatic N) is 2. The topological polar surface area (TPSA) is 92.9 Å². The summed E-state index contributed by atoms with van der Waals surface area (Å²) < 4.78 is 0. The highest BCUT2D eigenvalue weighted by Gasteiger charge is 2.21. The van der Waals surface area contributed by atoms with E-state index < -0.39 is 0 Å². The van der Waals surface area contributed by atoms with Crippen molar-refractivity contribution >= 4 is 17.7 Å². The molecule has 0 atom stereocenters. The Bertz CT molecular complexity index is 757. The van der Waals surface area contributed by atoms with Crippen LogP contribution in [0.15, 0.2) is 36.7 Å². The summed E-state index contributed by atoms with van der Waals surface area (Å²) in [7, 11) is 0. The molecule has 1 saturated carbocycles. The monoisotopic (exact) mass is 307 g/mol. The first-order valence-corrected chi connectivity index (χ1v) is 7.43. The lowest BCUT2D eigenvalue weighted by molar-refractivity contribution is 0.251. The number of nitrogens with one attached hydrogen (secondary N) is 2. The normalized spacial score (nSPS) is 12.9. The summed E-state index contributed by atoms with van der Waals surface area (Å²) in [6.45, 7) is 0.739. The first kappa shape index (κ1) is 14.9. The highest BCUT2D eigenvalue weighted by Crippen LogP contribution is 2.27. The van der Waals surface area contributed by atoms with E-state index in [0.29, 0.717) is 17.2 Å². The van der Waals surface area contributed by atoms with Gasteiger partial charge in [0.2, 0.25) is 5.95 Å². The number of urea groups is 1. The van der Waals surface area contributed by atoms with Crippen LogP contribution in [0.3, 0.4) is 0 Å². The fourth-order valence-corrected chi connectivity index (χ4v) is 1.96. The zero-order valence-corrected chi connectivity index (χ0v) is 12.5. The first-order chi connectivity index (χ1) is 11.2. The van der Waals surface area contributed by atoms with Gasteiger partial charge in [-0.15, -0.1) is 0 Å². The molecule has 0 unspecified atom stereocenters. The molecule has 4 N–H and O–H groups in total. The van der Waals surface area contributed by atoms with Gasteiger partial charge in [-0.1, -0.05) is 17.9 Å². The molecule has 1 aliphatic carbocycles. The number of carbonyl (C=O) groups excluding carboxylic acids is 1. The maximum Gasteiger partial charge on any atom is 0.319 e. The second-order valence-corrected chi connectivity index (χ2v) is 5.44. The van der Waals surface area contributed by atoms with Crippen LogP contribution in [0.2, 0.25) is 0 Å². The molecule has 1 fully saturated rings. The van der Waals surface area contributed by atoms with E-state index in [1.54, 1.807) is 12.4 Å².